The third kappa shape index (κ3) is 2.40. The first-order valence-corrected chi connectivity index (χ1v) is 9.69. The number of ether oxygens (including phenoxy) is 1. The number of benzene rings is 2. The lowest BCUT2D eigenvalue weighted by Crippen LogP contribution is -2.58. The first kappa shape index (κ1) is 18.6. The summed E-state index contributed by atoms with van der Waals surface area (Å²) in [5.41, 5.74) is 4.47. The number of likely N-dealkylation sites (N-methyl/N-ethyl adjacent to an activating group) is 1. The molecule has 4 nitrogen and oxygen atoms in total. The van der Waals surface area contributed by atoms with Gasteiger partial charge in [0, 0.05) is 23.9 Å². The highest BCUT2D eigenvalue weighted by Crippen LogP contribution is 2.54. The predicted molar refractivity (Wildman–Crippen MR) is 115 cm³/mol. The molecule has 0 saturated heterocycles. The average molecular weight is 377 g/mol. The molecule has 0 fully saturated rings. The van der Waals surface area contributed by atoms with E-state index in [1.807, 2.05) is 0 Å². The fourth-order valence-electron chi connectivity index (χ4n) is 4.50. The molecule has 146 valence electrons. The van der Waals surface area contributed by atoms with Crippen LogP contribution < -0.4 is 9.64 Å². The predicted octanol–water partition coefficient (Wildman–Crippen LogP) is 5.32. The number of nitrogens with zero attached hydrogens (tertiary/aromatic N) is 2. The van der Waals surface area contributed by atoms with Gasteiger partial charge in [-0.2, -0.15) is 0 Å². The highest BCUT2D eigenvalue weighted by molar-refractivity contribution is 5.87. The van der Waals surface area contributed by atoms with Crippen molar-refractivity contribution in [3.05, 3.63) is 64.7 Å². The highest BCUT2D eigenvalue weighted by atomic mass is 16.5. The topological polar surface area (TPSA) is 45.1 Å². The normalized spacial score (nSPS) is 22.4. The van der Waals surface area contributed by atoms with Crippen LogP contribution in [0.3, 0.4) is 0 Å². The van der Waals surface area contributed by atoms with Gasteiger partial charge >= 0.3 is 0 Å². The lowest BCUT2D eigenvalue weighted by atomic mass is 9.76. The molecule has 2 aromatic rings. The molecule has 1 spiro atoms. The minimum absolute atomic E-state index is 0.0181. The minimum Gasteiger partial charge on any atom is -0.462 e. The van der Waals surface area contributed by atoms with Crippen molar-refractivity contribution in [1.82, 2.24) is 0 Å². The van der Waals surface area contributed by atoms with Gasteiger partial charge in [0.05, 0.1) is 11.6 Å². The fraction of sp³-hybridized carbons (Fsp3) is 0.375. The number of hydrogen-bond donors (Lipinski definition) is 1. The van der Waals surface area contributed by atoms with Gasteiger partial charge in [0.25, 0.3) is 0 Å². The van der Waals surface area contributed by atoms with E-state index in [0.29, 0.717) is 0 Å². The van der Waals surface area contributed by atoms with Crippen molar-refractivity contribution in [2.45, 2.75) is 51.2 Å². The molecule has 1 unspecified atom stereocenters. The largest absolute Gasteiger partial charge is 0.462 e. The number of fused-ring (bicyclic) bond motifs is 2. The summed E-state index contributed by atoms with van der Waals surface area (Å²) in [4.78, 5) is 2.21. The number of oxime groups is 1. The molecule has 4 heteroatoms. The second-order valence-electron chi connectivity index (χ2n) is 9.31. The van der Waals surface area contributed by atoms with Crippen LogP contribution in [-0.4, -0.2) is 24.2 Å². The number of para-hydroxylation sites is 1. The van der Waals surface area contributed by atoms with Crippen LogP contribution in [0.15, 0.2) is 47.6 Å². The molecule has 0 aromatic heterocycles. The van der Waals surface area contributed by atoms with Crippen LogP contribution in [0.5, 0.6) is 5.75 Å². The van der Waals surface area contributed by atoms with Gasteiger partial charge < -0.3 is 14.8 Å². The molecule has 4 rings (SSSR count). The van der Waals surface area contributed by atoms with Gasteiger partial charge in [-0.15, -0.1) is 0 Å². The van der Waals surface area contributed by atoms with Crippen LogP contribution in [0.4, 0.5) is 5.69 Å². The fourth-order valence-corrected chi connectivity index (χ4v) is 4.50. The molecule has 1 atom stereocenters. The zero-order valence-corrected chi connectivity index (χ0v) is 17.4. The molecule has 0 saturated carbocycles. The molecule has 0 radical (unpaired) electrons. The summed E-state index contributed by atoms with van der Waals surface area (Å²) in [6, 6.07) is 12.7. The van der Waals surface area contributed by atoms with Gasteiger partial charge in [0.1, 0.15) is 5.75 Å². The van der Waals surface area contributed by atoms with E-state index in [-0.39, 0.29) is 10.8 Å². The standard InChI is InChI=1S/C24H28N2O2/c1-22(2,3)18-13-16-11-12-24(28-21(16)17(14-18)15-25-27)23(4,5)19-9-7-8-10-20(19)26(24)6/h7-15,27H,1-6H3/b25-15-. The van der Waals surface area contributed by atoms with Crippen molar-refractivity contribution in [2.75, 3.05) is 11.9 Å². The summed E-state index contributed by atoms with van der Waals surface area (Å²) in [6.45, 7) is 11.0. The summed E-state index contributed by atoms with van der Waals surface area (Å²) < 4.78 is 6.78. The van der Waals surface area contributed by atoms with E-state index in [9.17, 15) is 5.21 Å². The molecule has 0 aliphatic carbocycles. The molecule has 0 amide bonds. The SMILES string of the molecule is CN1c2ccccc2C(C)(C)C12C=Cc1cc(C(C)(C)C)cc(/C=N\O)c1O2. The Morgan fingerprint density at radius 2 is 1.86 bits per heavy atom. The second-order valence-corrected chi connectivity index (χ2v) is 9.31. The maximum Gasteiger partial charge on any atom is 0.211 e. The Bertz CT molecular complexity index is 998. The Morgan fingerprint density at radius 3 is 2.50 bits per heavy atom. The first-order valence-electron chi connectivity index (χ1n) is 9.69. The van der Waals surface area contributed by atoms with Crippen LogP contribution in [0.25, 0.3) is 6.08 Å². The van der Waals surface area contributed by atoms with Crippen LogP contribution >= 0.6 is 0 Å². The summed E-state index contributed by atoms with van der Waals surface area (Å²) in [5, 5.41) is 12.6. The van der Waals surface area contributed by atoms with Crippen molar-refractivity contribution in [2.24, 2.45) is 5.16 Å². The zero-order valence-electron chi connectivity index (χ0n) is 17.4. The van der Waals surface area contributed by atoms with Gasteiger partial charge in [-0.3, -0.25) is 0 Å². The molecular formula is C24H28N2O2. The van der Waals surface area contributed by atoms with Gasteiger partial charge in [0.15, 0.2) is 0 Å². The van der Waals surface area contributed by atoms with Crippen molar-refractivity contribution in [1.29, 1.82) is 0 Å². The number of rotatable bonds is 1. The van der Waals surface area contributed by atoms with E-state index in [1.165, 1.54) is 23.0 Å². The molecule has 2 aromatic carbocycles. The van der Waals surface area contributed by atoms with Gasteiger partial charge in [0.2, 0.25) is 5.72 Å². The summed E-state index contributed by atoms with van der Waals surface area (Å²) >= 11 is 0. The monoisotopic (exact) mass is 376 g/mol. The Labute approximate surface area is 167 Å². The minimum atomic E-state index is -0.648. The Hall–Kier alpha value is -2.75. The van der Waals surface area contributed by atoms with Crippen molar-refractivity contribution < 1.29 is 9.94 Å². The lowest BCUT2D eigenvalue weighted by Gasteiger charge is -2.46. The molecule has 2 aliphatic heterocycles. The van der Waals surface area contributed by atoms with Crippen LogP contribution in [0, 0.1) is 0 Å². The van der Waals surface area contributed by atoms with E-state index >= 15 is 0 Å². The van der Waals surface area contributed by atoms with Gasteiger partial charge in [-0.05, 0) is 60.7 Å². The van der Waals surface area contributed by atoms with Crippen LogP contribution in [-0.2, 0) is 10.8 Å². The van der Waals surface area contributed by atoms with Gasteiger partial charge in [-0.25, -0.2) is 0 Å². The Morgan fingerprint density at radius 1 is 1.14 bits per heavy atom. The van der Waals surface area contributed by atoms with Crippen molar-refractivity contribution in [3.63, 3.8) is 0 Å². The van der Waals surface area contributed by atoms with Crippen molar-refractivity contribution in [3.8, 4) is 5.75 Å². The smallest absolute Gasteiger partial charge is 0.211 e. The third-order valence-electron chi connectivity index (χ3n) is 6.29. The quantitative estimate of drug-likeness (QED) is 0.416. The third-order valence-corrected chi connectivity index (χ3v) is 6.29. The average Bonchev–Trinajstić information content (AvgIpc) is 2.80. The zero-order chi connectivity index (χ0) is 20.3. The van der Waals surface area contributed by atoms with Gasteiger partial charge in [-0.1, -0.05) is 44.1 Å². The number of hydrogen-bond acceptors (Lipinski definition) is 4. The molecular weight excluding hydrogens is 348 g/mol. The molecule has 0 bridgehead atoms. The Balaban J connectivity index is 1.90. The Kier molecular flexibility index (Phi) is 3.90. The van der Waals surface area contributed by atoms with Crippen LogP contribution in [0.1, 0.15) is 56.9 Å². The van der Waals surface area contributed by atoms with E-state index in [4.69, 9.17) is 4.74 Å². The lowest BCUT2D eigenvalue weighted by molar-refractivity contribution is 0.0579. The molecule has 1 N–H and O–H groups in total. The molecule has 28 heavy (non-hydrogen) atoms. The van der Waals surface area contributed by atoms with E-state index in [1.54, 1.807) is 0 Å². The second kappa shape index (κ2) is 5.87. The number of anilines is 1. The summed E-state index contributed by atoms with van der Waals surface area (Å²) in [7, 11) is 2.08. The molecule has 2 aliphatic rings. The van der Waals surface area contributed by atoms with E-state index in [0.717, 1.165) is 16.9 Å². The highest BCUT2D eigenvalue weighted by Gasteiger charge is 2.57. The maximum atomic E-state index is 9.25. The first-order chi connectivity index (χ1) is 13.1. The summed E-state index contributed by atoms with van der Waals surface area (Å²) in [5.74, 6) is 0.751. The van der Waals surface area contributed by atoms with E-state index in [2.05, 4.69) is 100 Å². The van der Waals surface area contributed by atoms with Crippen molar-refractivity contribution >= 4 is 18.0 Å². The van der Waals surface area contributed by atoms with E-state index < -0.39 is 5.72 Å². The van der Waals surface area contributed by atoms with Crippen LogP contribution in [0.2, 0.25) is 0 Å². The maximum absolute atomic E-state index is 9.25. The summed E-state index contributed by atoms with van der Waals surface area (Å²) in [6.07, 6.45) is 5.78. The molecule has 2 heterocycles.